The van der Waals surface area contributed by atoms with Crippen LogP contribution in [0.25, 0.3) is 5.82 Å². The fraction of sp³-hybridized carbons (Fsp3) is 0.571. The highest BCUT2D eigenvalue weighted by Gasteiger charge is 2.55. The number of cyclic esters (lactones) is 1. The lowest BCUT2D eigenvalue weighted by Gasteiger charge is -2.44. The normalized spacial score (nSPS) is 26.6. The van der Waals surface area contributed by atoms with Gasteiger partial charge in [-0.25, -0.2) is 9.78 Å². The van der Waals surface area contributed by atoms with Crippen molar-refractivity contribution in [3.8, 4) is 5.82 Å². The van der Waals surface area contributed by atoms with Crippen molar-refractivity contribution >= 4 is 11.9 Å². The number of aliphatic hydroxyl groups is 1. The molecule has 2 saturated heterocycles. The summed E-state index contributed by atoms with van der Waals surface area (Å²) >= 11 is 0. The summed E-state index contributed by atoms with van der Waals surface area (Å²) in [5.41, 5.74) is 0.931. The van der Waals surface area contributed by atoms with Gasteiger partial charge in [-0.2, -0.15) is 4.68 Å². The van der Waals surface area contributed by atoms with E-state index in [2.05, 4.69) is 30.4 Å². The van der Waals surface area contributed by atoms with Gasteiger partial charge in [0, 0.05) is 26.7 Å². The number of aromatic nitrogens is 6. The summed E-state index contributed by atoms with van der Waals surface area (Å²) in [6.07, 6.45) is 4.47. The number of rotatable bonds is 6. The molecular formula is C21H26N8O5. The number of methoxy groups -OCH3 is 1. The van der Waals surface area contributed by atoms with Gasteiger partial charge >= 0.3 is 5.97 Å². The molecule has 0 aromatic carbocycles. The SMILES string of the molecule is COC1CN(C[C@H](O)c2cnc(-n3cnnn3)cn2)CCC12CCN(C1=C(C)C(=O)OC1)C2=O. The summed E-state index contributed by atoms with van der Waals surface area (Å²) in [6, 6.07) is 0. The molecule has 1 spiro atoms. The molecule has 0 saturated carbocycles. The molecule has 2 aromatic heterocycles. The summed E-state index contributed by atoms with van der Waals surface area (Å²) in [5, 5.41) is 21.6. The van der Waals surface area contributed by atoms with Crippen LogP contribution in [0.5, 0.6) is 0 Å². The molecule has 34 heavy (non-hydrogen) atoms. The molecule has 13 heteroatoms. The molecule has 180 valence electrons. The standard InChI is InChI=1S/C21H26N8O5/c1-13-15(11-34-19(13)31)28-6-4-21(20(28)32)3-5-27(10-17(21)33-2)9-16(30)14-7-23-18(8-22-14)29-12-24-25-26-29/h7-8,12,16-17,30H,3-6,9-11H2,1-2H3/t16-,17?,21?/m0/s1. The number of hydrogen-bond acceptors (Lipinski definition) is 11. The zero-order valence-electron chi connectivity index (χ0n) is 19.0. The summed E-state index contributed by atoms with van der Waals surface area (Å²) in [4.78, 5) is 37.6. The number of tetrazole rings is 1. The molecule has 2 fully saturated rings. The van der Waals surface area contributed by atoms with Crippen molar-refractivity contribution in [3.05, 3.63) is 35.7 Å². The van der Waals surface area contributed by atoms with Crippen molar-refractivity contribution in [2.75, 3.05) is 39.9 Å². The number of amides is 1. The van der Waals surface area contributed by atoms with E-state index in [-0.39, 0.29) is 24.6 Å². The van der Waals surface area contributed by atoms with Gasteiger partial charge in [0.25, 0.3) is 0 Å². The maximum atomic E-state index is 13.5. The first-order valence-corrected chi connectivity index (χ1v) is 11.1. The number of piperidine rings is 1. The second kappa shape index (κ2) is 8.81. The highest BCUT2D eigenvalue weighted by atomic mass is 16.5. The molecule has 3 aliphatic heterocycles. The van der Waals surface area contributed by atoms with E-state index in [0.29, 0.717) is 61.8 Å². The maximum absolute atomic E-state index is 13.5. The van der Waals surface area contributed by atoms with Crippen LogP contribution in [0, 0.1) is 5.41 Å². The first kappa shape index (κ1) is 22.5. The second-order valence-electron chi connectivity index (χ2n) is 8.81. The van der Waals surface area contributed by atoms with Gasteiger partial charge in [-0.3, -0.25) is 14.7 Å². The molecule has 0 radical (unpaired) electrons. The van der Waals surface area contributed by atoms with Crippen LogP contribution >= 0.6 is 0 Å². The van der Waals surface area contributed by atoms with Crippen LogP contribution in [0.15, 0.2) is 30.0 Å². The second-order valence-corrected chi connectivity index (χ2v) is 8.81. The van der Waals surface area contributed by atoms with Gasteiger partial charge < -0.3 is 19.5 Å². The third-order valence-electron chi connectivity index (χ3n) is 7.07. The molecule has 2 aromatic rings. The first-order valence-electron chi connectivity index (χ1n) is 11.1. The van der Waals surface area contributed by atoms with E-state index >= 15 is 0 Å². The van der Waals surface area contributed by atoms with Crippen LogP contribution in [-0.4, -0.2) is 103 Å². The van der Waals surface area contributed by atoms with E-state index in [9.17, 15) is 14.7 Å². The molecule has 2 unspecified atom stereocenters. The molecule has 13 nitrogen and oxygen atoms in total. The summed E-state index contributed by atoms with van der Waals surface area (Å²) < 4.78 is 12.3. The molecule has 5 rings (SSSR count). The maximum Gasteiger partial charge on any atom is 0.336 e. The third kappa shape index (κ3) is 3.75. The molecule has 3 atom stereocenters. The number of esters is 1. The van der Waals surface area contributed by atoms with Crippen LogP contribution in [-0.2, 0) is 19.1 Å². The minimum absolute atomic E-state index is 0.0174. The zero-order valence-corrected chi connectivity index (χ0v) is 19.0. The number of nitrogens with zero attached hydrogens (tertiary/aromatic N) is 8. The topological polar surface area (TPSA) is 149 Å². The molecular weight excluding hydrogens is 444 g/mol. The first-order chi connectivity index (χ1) is 16.4. The Morgan fingerprint density at radius 2 is 2.09 bits per heavy atom. The van der Waals surface area contributed by atoms with Crippen LogP contribution in [0.2, 0.25) is 0 Å². The Hall–Kier alpha value is -3.29. The number of ether oxygens (including phenoxy) is 2. The lowest BCUT2D eigenvalue weighted by atomic mass is 9.74. The Balaban J connectivity index is 1.25. The van der Waals surface area contributed by atoms with E-state index in [1.807, 2.05) is 0 Å². The fourth-order valence-corrected chi connectivity index (χ4v) is 5.04. The summed E-state index contributed by atoms with van der Waals surface area (Å²) in [6.45, 7) is 3.82. The fourth-order valence-electron chi connectivity index (χ4n) is 5.04. The monoisotopic (exact) mass is 470 g/mol. The van der Waals surface area contributed by atoms with E-state index in [1.165, 1.54) is 23.4 Å². The Labute approximate surface area is 195 Å². The van der Waals surface area contributed by atoms with E-state index in [0.717, 1.165) is 0 Å². The van der Waals surface area contributed by atoms with Crippen LogP contribution in [0.3, 0.4) is 0 Å². The smallest absolute Gasteiger partial charge is 0.336 e. The lowest BCUT2D eigenvalue weighted by Crippen LogP contribution is -2.55. The van der Waals surface area contributed by atoms with Crippen molar-refractivity contribution in [3.63, 3.8) is 0 Å². The number of carbonyl (C=O) groups is 2. The quantitative estimate of drug-likeness (QED) is 0.532. The lowest BCUT2D eigenvalue weighted by molar-refractivity contribution is -0.149. The number of carbonyl (C=O) groups excluding carboxylic acids is 2. The van der Waals surface area contributed by atoms with Crippen molar-refractivity contribution < 1.29 is 24.2 Å². The Morgan fingerprint density at radius 1 is 1.26 bits per heavy atom. The van der Waals surface area contributed by atoms with Crippen molar-refractivity contribution in [1.29, 1.82) is 0 Å². The summed E-state index contributed by atoms with van der Waals surface area (Å²) in [5.74, 6) is 0.0607. The van der Waals surface area contributed by atoms with Gasteiger partial charge in [0.2, 0.25) is 5.91 Å². The van der Waals surface area contributed by atoms with Crippen molar-refractivity contribution in [2.24, 2.45) is 5.41 Å². The van der Waals surface area contributed by atoms with Gasteiger partial charge in [-0.1, -0.05) is 0 Å². The zero-order chi connectivity index (χ0) is 23.9. The number of aliphatic hydroxyl groups excluding tert-OH is 1. The van der Waals surface area contributed by atoms with Gasteiger partial charge in [0.05, 0.1) is 40.9 Å². The Morgan fingerprint density at radius 3 is 2.74 bits per heavy atom. The van der Waals surface area contributed by atoms with Crippen LogP contribution < -0.4 is 0 Å². The van der Waals surface area contributed by atoms with E-state index in [4.69, 9.17) is 9.47 Å². The average Bonchev–Trinajstić information content (AvgIpc) is 3.58. The van der Waals surface area contributed by atoms with E-state index in [1.54, 1.807) is 18.9 Å². The van der Waals surface area contributed by atoms with Crippen LogP contribution in [0.1, 0.15) is 31.6 Å². The number of β-amino-alcohol motifs (C(OH)–C–C–N with tert-alkyl or cyclic N) is 1. The molecule has 1 amide bonds. The van der Waals surface area contributed by atoms with Crippen molar-refractivity contribution in [2.45, 2.75) is 32.0 Å². The summed E-state index contributed by atoms with van der Waals surface area (Å²) in [7, 11) is 1.61. The highest BCUT2D eigenvalue weighted by Crippen LogP contribution is 2.45. The number of hydrogen-bond donors (Lipinski definition) is 1. The number of likely N-dealkylation sites (tertiary alicyclic amines) is 2. The predicted molar refractivity (Wildman–Crippen MR) is 114 cm³/mol. The van der Waals surface area contributed by atoms with E-state index < -0.39 is 11.5 Å². The minimum atomic E-state index is -0.854. The third-order valence-corrected chi connectivity index (χ3v) is 7.07. The Kier molecular flexibility index (Phi) is 5.83. The molecule has 0 bridgehead atoms. The van der Waals surface area contributed by atoms with Crippen molar-refractivity contribution in [1.82, 2.24) is 40.0 Å². The minimum Gasteiger partial charge on any atom is -0.456 e. The predicted octanol–water partition coefficient (Wildman–Crippen LogP) is -0.744. The molecule has 5 heterocycles. The largest absolute Gasteiger partial charge is 0.456 e. The molecule has 0 aliphatic carbocycles. The average molecular weight is 470 g/mol. The Bertz CT molecular complexity index is 1100. The molecule has 3 aliphatic rings. The highest BCUT2D eigenvalue weighted by molar-refractivity contribution is 5.94. The van der Waals surface area contributed by atoms with Crippen LogP contribution in [0.4, 0.5) is 0 Å². The van der Waals surface area contributed by atoms with Gasteiger partial charge in [-0.05, 0) is 36.7 Å². The molecule has 1 N–H and O–H groups in total. The van der Waals surface area contributed by atoms with Gasteiger partial charge in [0.15, 0.2) is 5.82 Å². The van der Waals surface area contributed by atoms with Gasteiger partial charge in [0.1, 0.15) is 19.0 Å². The van der Waals surface area contributed by atoms with Gasteiger partial charge in [-0.15, -0.1) is 5.10 Å².